The van der Waals surface area contributed by atoms with E-state index in [1.807, 2.05) is 0 Å². The quantitative estimate of drug-likeness (QED) is 0.574. The number of benzene rings is 2. The van der Waals surface area contributed by atoms with Gasteiger partial charge in [-0.1, -0.05) is 56.3 Å². The fraction of sp³-hybridized carbons (Fsp3) is 0.364. The second kappa shape index (κ2) is 7.67. The first-order valence-electron chi connectivity index (χ1n) is 9.20. The molecule has 0 fully saturated rings. The van der Waals surface area contributed by atoms with Gasteiger partial charge in [0.25, 0.3) is 0 Å². The molecular weight excluding hydrogens is 292 g/mol. The summed E-state index contributed by atoms with van der Waals surface area (Å²) >= 11 is 0. The van der Waals surface area contributed by atoms with Gasteiger partial charge in [0.1, 0.15) is 0 Å². The number of nitrogens with one attached hydrogen (secondary N) is 1. The maximum Gasteiger partial charge on any atom is 0.0497 e. The monoisotopic (exact) mass is 320 g/mol. The molecule has 0 atom stereocenters. The number of para-hydroxylation sites is 1. The van der Waals surface area contributed by atoms with Gasteiger partial charge in [-0.2, -0.15) is 0 Å². The van der Waals surface area contributed by atoms with Gasteiger partial charge in [-0.05, 0) is 60.9 Å². The Kier molecular flexibility index (Phi) is 5.37. The zero-order chi connectivity index (χ0) is 16.9. The van der Waals surface area contributed by atoms with Gasteiger partial charge in [-0.3, -0.25) is 0 Å². The Morgan fingerprint density at radius 2 is 1.71 bits per heavy atom. The van der Waals surface area contributed by atoms with E-state index in [4.69, 9.17) is 5.73 Å². The molecule has 0 amide bonds. The van der Waals surface area contributed by atoms with Crippen LogP contribution in [0.2, 0.25) is 0 Å². The molecule has 0 saturated heterocycles. The van der Waals surface area contributed by atoms with Crippen LogP contribution in [-0.4, -0.2) is 11.5 Å². The zero-order valence-electron chi connectivity index (χ0n) is 14.9. The van der Waals surface area contributed by atoms with E-state index in [0.717, 1.165) is 38.6 Å². The first kappa shape index (κ1) is 16.8. The highest BCUT2D eigenvalue weighted by atomic mass is 14.7. The second-order valence-electron chi connectivity index (χ2n) is 6.47. The van der Waals surface area contributed by atoms with Crippen LogP contribution in [-0.2, 0) is 19.3 Å². The molecule has 3 aromatic rings. The van der Waals surface area contributed by atoms with E-state index in [1.54, 1.807) is 0 Å². The van der Waals surface area contributed by atoms with Crippen molar-refractivity contribution in [1.29, 1.82) is 0 Å². The number of rotatable bonds is 7. The molecule has 0 saturated carbocycles. The Morgan fingerprint density at radius 1 is 0.917 bits per heavy atom. The van der Waals surface area contributed by atoms with E-state index in [9.17, 15) is 0 Å². The normalized spacial score (nSPS) is 11.3. The highest BCUT2D eigenvalue weighted by molar-refractivity contribution is 5.92. The molecule has 2 heteroatoms. The zero-order valence-corrected chi connectivity index (χ0v) is 14.9. The first-order chi connectivity index (χ1) is 11.8. The average molecular weight is 320 g/mol. The van der Waals surface area contributed by atoms with Crippen molar-refractivity contribution in [1.82, 2.24) is 4.98 Å². The van der Waals surface area contributed by atoms with Gasteiger partial charge in [0.05, 0.1) is 0 Å². The Balaban J connectivity index is 2.11. The fourth-order valence-corrected chi connectivity index (χ4v) is 3.49. The maximum atomic E-state index is 5.70. The van der Waals surface area contributed by atoms with Crippen molar-refractivity contribution in [3.8, 4) is 11.3 Å². The van der Waals surface area contributed by atoms with E-state index < -0.39 is 0 Å². The molecule has 1 aromatic heterocycles. The molecule has 0 aliphatic heterocycles. The molecule has 0 aliphatic carbocycles. The highest BCUT2D eigenvalue weighted by Crippen LogP contribution is 2.33. The third-order valence-corrected chi connectivity index (χ3v) is 4.94. The van der Waals surface area contributed by atoms with E-state index in [-0.39, 0.29) is 0 Å². The molecular formula is C22H28N2. The van der Waals surface area contributed by atoms with Gasteiger partial charge in [-0.25, -0.2) is 0 Å². The third kappa shape index (κ3) is 3.25. The number of unbranched alkanes of at least 4 members (excludes halogenated alkanes) is 1. The first-order valence-corrected chi connectivity index (χ1v) is 9.20. The summed E-state index contributed by atoms with van der Waals surface area (Å²) in [4.78, 5) is 3.73. The van der Waals surface area contributed by atoms with E-state index in [1.165, 1.54) is 38.9 Å². The van der Waals surface area contributed by atoms with E-state index in [2.05, 4.69) is 61.3 Å². The highest BCUT2D eigenvalue weighted by Gasteiger charge is 2.14. The number of fused-ring (bicyclic) bond motifs is 1. The molecule has 0 unspecified atom stereocenters. The van der Waals surface area contributed by atoms with Crippen molar-refractivity contribution in [2.75, 3.05) is 6.54 Å². The van der Waals surface area contributed by atoms with Crippen molar-refractivity contribution in [2.24, 2.45) is 5.73 Å². The Hall–Kier alpha value is -2.06. The number of nitrogens with two attached hydrogens (primary N) is 1. The van der Waals surface area contributed by atoms with Crippen LogP contribution in [0.15, 0.2) is 42.5 Å². The van der Waals surface area contributed by atoms with Gasteiger partial charge in [-0.15, -0.1) is 0 Å². The Labute approximate surface area is 145 Å². The minimum Gasteiger partial charge on any atom is -0.354 e. The SMILES string of the molecule is CCc1ccc(-c2[nH]c3c(CC)cccc3c2CCCCN)cc1. The van der Waals surface area contributed by atoms with Crippen molar-refractivity contribution < 1.29 is 0 Å². The largest absolute Gasteiger partial charge is 0.354 e. The number of aryl methyl sites for hydroxylation is 3. The van der Waals surface area contributed by atoms with E-state index >= 15 is 0 Å². The lowest BCUT2D eigenvalue weighted by molar-refractivity contribution is 0.748. The summed E-state index contributed by atoms with van der Waals surface area (Å²) < 4.78 is 0. The summed E-state index contributed by atoms with van der Waals surface area (Å²) in [6, 6.07) is 15.7. The van der Waals surface area contributed by atoms with Crippen molar-refractivity contribution >= 4 is 10.9 Å². The van der Waals surface area contributed by atoms with Gasteiger partial charge in [0, 0.05) is 16.6 Å². The molecule has 3 rings (SSSR count). The second-order valence-corrected chi connectivity index (χ2v) is 6.47. The Bertz CT molecular complexity index is 797. The number of H-pyrrole nitrogens is 1. The summed E-state index contributed by atoms with van der Waals surface area (Å²) in [5.41, 5.74) is 13.8. The summed E-state index contributed by atoms with van der Waals surface area (Å²) in [6.07, 6.45) is 5.42. The molecule has 0 aliphatic rings. The van der Waals surface area contributed by atoms with Gasteiger partial charge in [0.15, 0.2) is 0 Å². The lowest BCUT2D eigenvalue weighted by Gasteiger charge is -2.06. The molecule has 126 valence electrons. The average Bonchev–Trinajstić information content (AvgIpc) is 3.01. The van der Waals surface area contributed by atoms with Crippen LogP contribution in [0.1, 0.15) is 43.4 Å². The molecule has 0 spiro atoms. The van der Waals surface area contributed by atoms with Crippen molar-refractivity contribution in [3.63, 3.8) is 0 Å². The summed E-state index contributed by atoms with van der Waals surface area (Å²) in [5.74, 6) is 0. The van der Waals surface area contributed by atoms with Gasteiger partial charge >= 0.3 is 0 Å². The number of hydrogen-bond donors (Lipinski definition) is 2. The van der Waals surface area contributed by atoms with Crippen molar-refractivity contribution in [2.45, 2.75) is 46.0 Å². The standard InChI is InChI=1S/C22H28N2/c1-3-16-11-13-18(14-12-16)22-19(9-5-6-15-23)20-10-7-8-17(4-2)21(20)24-22/h7-8,10-14,24H,3-6,9,15,23H2,1-2H3. The van der Waals surface area contributed by atoms with Crippen LogP contribution in [0.25, 0.3) is 22.2 Å². The lowest BCUT2D eigenvalue weighted by Crippen LogP contribution is -1.99. The lowest BCUT2D eigenvalue weighted by atomic mass is 9.98. The van der Waals surface area contributed by atoms with Gasteiger partial charge in [0.2, 0.25) is 0 Å². The summed E-state index contributed by atoms with van der Waals surface area (Å²) in [7, 11) is 0. The Morgan fingerprint density at radius 3 is 2.38 bits per heavy atom. The van der Waals surface area contributed by atoms with E-state index in [0.29, 0.717) is 0 Å². The predicted molar refractivity (Wildman–Crippen MR) is 104 cm³/mol. The fourth-order valence-electron chi connectivity index (χ4n) is 3.49. The van der Waals surface area contributed by atoms with Gasteiger partial charge < -0.3 is 10.7 Å². The number of hydrogen-bond acceptors (Lipinski definition) is 1. The maximum absolute atomic E-state index is 5.70. The van der Waals surface area contributed by atoms with Crippen LogP contribution in [0.4, 0.5) is 0 Å². The minimum absolute atomic E-state index is 0.767. The van der Waals surface area contributed by atoms with Crippen molar-refractivity contribution in [3.05, 3.63) is 59.2 Å². The molecule has 0 bridgehead atoms. The molecule has 24 heavy (non-hydrogen) atoms. The molecule has 0 radical (unpaired) electrons. The number of aromatic amines is 1. The van der Waals surface area contributed by atoms with Crippen LogP contribution >= 0.6 is 0 Å². The molecule has 3 N–H and O–H groups in total. The molecule has 1 heterocycles. The summed E-state index contributed by atoms with van der Waals surface area (Å²) in [5, 5.41) is 1.38. The predicted octanol–water partition coefficient (Wildman–Crippen LogP) is 5.24. The minimum atomic E-state index is 0.767. The smallest absolute Gasteiger partial charge is 0.0497 e. The van der Waals surface area contributed by atoms with Crippen LogP contribution in [0, 0.1) is 0 Å². The number of aromatic nitrogens is 1. The molecule has 2 nitrogen and oxygen atoms in total. The third-order valence-electron chi connectivity index (χ3n) is 4.94. The summed E-state index contributed by atoms with van der Waals surface area (Å²) in [6.45, 7) is 5.19. The molecule has 2 aromatic carbocycles. The van der Waals surface area contributed by atoms with Crippen LogP contribution in [0.3, 0.4) is 0 Å². The van der Waals surface area contributed by atoms with Crippen LogP contribution < -0.4 is 5.73 Å². The van der Waals surface area contributed by atoms with Crippen LogP contribution in [0.5, 0.6) is 0 Å². The topological polar surface area (TPSA) is 41.8 Å².